The Morgan fingerprint density at radius 2 is 1.88 bits per heavy atom. The highest BCUT2D eigenvalue weighted by Gasteiger charge is 2.07. The Morgan fingerprint density at radius 3 is 2.64 bits per heavy atom. The van der Waals surface area contributed by atoms with Crippen molar-refractivity contribution in [2.75, 3.05) is 24.3 Å². The number of benzene rings is 1. The van der Waals surface area contributed by atoms with Crippen molar-refractivity contribution in [1.29, 1.82) is 0 Å². The topological polar surface area (TPSA) is 72.0 Å². The number of rotatable bonds is 7. The van der Waals surface area contributed by atoms with Crippen molar-refractivity contribution >= 4 is 11.8 Å². The van der Waals surface area contributed by atoms with E-state index in [1.54, 1.807) is 13.3 Å². The zero-order chi connectivity index (χ0) is 17.5. The molecule has 3 rings (SSSR count). The molecule has 0 fully saturated rings. The third-order valence-corrected chi connectivity index (χ3v) is 3.60. The summed E-state index contributed by atoms with van der Waals surface area (Å²) in [4.78, 5) is 13.4. The molecule has 0 atom stereocenters. The van der Waals surface area contributed by atoms with E-state index in [0.29, 0.717) is 12.5 Å². The Morgan fingerprint density at radius 1 is 0.960 bits per heavy atom. The van der Waals surface area contributed by atoms with Gasteiger partial charge in [0.05, 0.1) is 18.5 Å². The number of aromatic nitrogens is 3. The third kappa shape index (κ3) is 4.44. The van der Waals surface area contributed by atoms with Gasteiger partial charge < -0.3 is 15.4 Å². The first-order valence-electron chi connectivity index (χ1n) is 8.19. The van der Waals surface area contributed by atoms with Gasteiger partial charge in [-0.1, -0.05) is 18.2 Å². The second-order valence-corrected chi connectivity index (χ2v) is 5.41. The third-order valence-electron chi connectivity index (χ3n) is 3.60. The van der Waals surface area contributed by atoms with E-state index in [2.05, 4.69) is 25.6 Å². The van der Waals surface area contributed by atoms with Gasteiger partial charge in [-0.25, -0.2) is 4.98 Å². The van der Waals surface area contributed by atoms with Gasteiger partial charge in [-0.2, -0.15) is 4.98 Å². The quantitative estimate of drug-likeness (QED) is 0.687. The summed E-state index contributed by atoms with van der Waals surface area (Å²) in [5, 5.41) is 6.51. The highest BCUT2D eigenvalue weighted by molar-refractivity contribution is 5.61. The molecule has 0 aliphatic heterocycles. The summed E-state index contributed by atoms with van der Waals surface area (Å²) < 4.78 is 5.26. The summed E-state index contributed by atoms with van der Waals surface area (Å²) in [5.41, 5.74) is 2.70. The van der Waals surface area contributed by atoms with Gasteiger partial charge in [0.1, 0.15) is 11.6 Å². The molecule has 2 heterocycles. The van der Waals surface area contributed by atoms with Crippen molar-refractivity contribution in [1.82, 2.24) is 15.0 Å². The number of ether oxygens (including phenoxy) is 1. The Kier molecular flexibility index (Phi) is 5.41. The summed E-state index contributed by atoms with van der Waals surface area (Å²) >= 11 is 0. The average Bonchev–Trinajstić information content (AvgIpc) is 2.67. The molecule has 0 saturated carbocycles. The minimum absolute atomic E-state index is 0.582. The first kappa shape index (κ1) is 16.7. The van der Waals surface area contributed by atoms with E-state index in [0.717, 1.165) is 35.1 Å². The molecule has 0 aliphatic rings. The number of anilines is 2. The largest absolute Gasteiger partial charge is 0.497 e. The second kappa shape index (κ2) is 8.10. The fraction of sp³-hybridized carbons (Fsp3) is 0.211. The fourth-order valence-corrected chi connectivity index (χ4v) is 2.40. The van der Waals surface area contributed by atoms with E-state index in [9.17, 15) is 0 Å². The van der Waals surface area contributed by atoms with Crippen LogP contribution in [0.2, 0.25) is 0 Å². The molecule has 128 valence electrons. The molecular weight excluding hydrogens is 314 g/mol. The van der Waals surface area contributed by atoms with Gasteiger partial charge in [-0.05, 0) is 36.8 Å². The van der Waals surface area contributed by atoms with Crippen molar-refractivity contribution in [2.45, 2.75) is 13.5 Å². The highest BCUT2D eigenvalue weighted by atomic mass is 16.5. The normalized spacial score (nSPS) is 10.3. The molecule has 2 N–H and O–H groups in total. The number of hydrogen-bond acceptors (Lipinski definition) is 6. The first-order chi connectivity index (χ1) is 12.3. The van der Waals surface area contributed by atoms with Crippen LogP contribution in [0.15, 0.2) is 54.7 Å². The summed E-state index contributed by atoms with van der Waals surface area (Å²) in [5.74, 6) is 2.16. The molecular formula is C19H21N5O. The maximum Gasteiger partial charge on any atom is 0.225 e. The van der Waals surface area contributed by atoms with Gasteiger partial charge in [0, 0.05) is 25.4 Å². The molecule has 0 saturated heterocycles. The molecule has 2 aromatic heterocycles. The van der Waals surface area contributed by atoms with Crippen LogP contribution < -0.4 is 15.4 Å². The molecule has 1 aromatic carbocycles. The summed E-state index contributed by atoms with van der Waals surface area (Å²) in [6, 6.07) is 15.6. The highest BCUT2D eigenvalue weighted by Crippen LogP contribution is 2.20. The average molecular weight is 335 g/mol. The Bertz CT molecular complexity index is 823. The Balaban J connectivity index is 1.83. The van der Waals surface area contributed by atoms with Gasteiger partial charge in [0.25, 0.3) is 0 Å². The monoisotopic (exact) mass is 335 g/mol. The van der Waals surface area contributed by atoms with Crippen LogP contribution in [0, 0.1) is 0 Å². The molecule has 25 heavy (non-hydrogen) atoms. The lowest BCUT2D eigenvalue weighted by Gasteiger charge is -2.11. The van der Waals surface area contributed by atoms with Gasteiger partial charge in [-0.15, -0.1) is 0 Å². The van der Waals surface area contributed by atoms with E-state index in [1.165, 1.54) is 0 Å². The number of pyridine rings is 1. The fourth-order valence-electron chi connectivity index (χ4n) is 2.40. The summed E-state index contributed by atoms with van der Waals surface area (Å²) in [6.07, 6.45) is 1.76. The second-order valence-electron chi connectivity index (χ2n) is 5.41. The van der Waals surface area contributed by atoms with Crippen molar-refractivity contribution < 1.29 is 4.74 Å². The Hall–Kier alpha value is -3.15. The molecule has 0 radical (unpaired) electrons. The van der Waals surface area contributed by atoms with Crippen LogP contribution in [0.5, 0.6) is 5.75 Å². The number of nitrogens with one attached hydrogen (secondary N) is 2. The number of hydrogen-bond donors (Lipinski definition) is 2. The minimum Gasteiger partial charge on any atom is -0.497 e. The molecule has 0 spiro atoms. The van der Waals surface area contributed by atoms with E-state index >= 15 is 0 Å². The van der Waals surface area contributed by atoms with Crippen molar-refractivity contribution in [3.63, 3.8) is 0 Å². The molecule has 0 unspecified atom stereocenters. The predicted molar refractivity (Wildman–Crippen MR) is 99.7 cm³/mol. The minimum atomic E-state index is 0.582. The van der Waals surface area contributed by atoms with Gasteiger partial charge in [0.2, 0.25) is 5.95 Å². The zero-order valence-electron chi connectivity index (χ0n) is 14.4. The van der Waals surface area contributed by atoms with E-state index in [-0.39, 0.29) is 0 Å². The lowest BCUT2D eigenvalue weighted by Crippen LogP contribution is -2.07. The van der Waals surface area contributed by atoms with Crippen molar-refractivity contribution in [3.8, 4) is 17.1 Å². The number of methoxy groups -OCH3 is 1. The molecule has 0 aliphatic carbocycles. The van der Waals surface area contributed by atoms with Gasteiger partial charge >= 0.3 is 0 Å². The Labute approximate surface area is 147 Å². The smallest absolute Gasteiger partial charge is 0.225 e. The molecule has 0 bridgehead atoms. The first-order valence-corrected chi connectivity index (χ1v) is 8.19. The van der Waals surface area contributed by atoms with Crippen molar-refractivity contribution in [3.05, 3.63) is 60.3 Å². The molecule has 0 amide bonds. The van der Waals surface area contributed by atoms with E-state index in [4.69, 9.17) is 4.74 Å². The summed E-state index contributed by atoms with van der Waals surface area (Å²) in [7, 11) is 1.67. The summed E-state index contributed by atoms with van der Waals surface area (Å²) in [6.45, 7) is 3.41. The van der Waals surface area contributed by atoms with Crippen LogP contribution in [-0.2, 0) is 6.54 Å². The van der Waals surface area contributed by atoms with Crippen LogP contribution in [0.1, 0.15) is 12.5 Å². The lowest BCUT2D eigenvalue weighted by molar-refractivity contribution is 0.414. The zero-order valence-corrected chi connectivity index (χ0v) is 14.4. The SMILES string of the molecule is CCNc1nc(NCc2cccc(OC)c2)cc(-c2ccccn2)n1. The lowest BCUT2D eigenvalue weighted by atomic mass is 10.2. The van der Waals surface area contributed by atoms with Crippen LogP contribution in [0.3, 0.4) is 0 Å². The van der Waals surface area contributed by atoms with Gasteiger partial charge in [-0.3, -0.25) is 4.98 Å². The molecule has 6 heteroatoms. The van der Waals surface area contributed by atoms with Crippen LogP contribution in [-0.4, -0.2) is 28.6 Å². The van der Waals surface area contributed by atoms with Crippen molar-refractivity contribution in [2.24, 2.45) is 0 Å². The van der Waals surface area contributed by atoms with Gasteiger partial charge in [0.15, 0.2) is 0 Å². The van der Waals surface area contributed by atoms with E-state index in [1.807, 2.05) is 55.5 Å². The van der Waals surface area contributed by atoms with E-state index < -0.39 is 0 Å². The standard InChI is InChI=1S/C19H21N5O/c1-3-20-19-23-17(16-9-4-5-10-21-16)12-18(24-19)22-13-14-7-6-8-15(11-14)25-2/h4-12H,3,13H2,1-2H3,(H2,20,22,23,24). The molecule has 3 aromatic rings. The molecule has 6 nitrogen and oxygen atoms in total. The van der Waals surface area contributed by atoms with Crippen LogP contribution in [0.25, 0.3) is 11.4 Å². The predicted octanol–water partition coefficient (Wildman–Crippen LogP) is 3.59. The number of nitrogens with zero attached hydrogens (tertiary/aromatic N) is 3. The maximum absolute atomic E-state index is 5.26. The maximum atomic E-state index is 5.26. The van der Waals surface area contributed by atoms with Crippen LogP contribution in [0.4, 0.5) is 11.8 Å². The van der Waals surface area contributed by atoms with Crippen LogP contribution >= 0.6 is 0 Å².